The van der Waals surface area contributed by atoms with E-state index < -0.39 is 10.2 Å². The van der Waals surface area contributed by atoms with Gasteiger partial charge in [0.15, 0.2) is 0 Å². The molecule has 0 aliphatic rings. The van der Waals surface area contributed by atoms with Crippen molar-refractivity contribution in [3.8, 4) is 5.69 Å². The van der Waals surface area contributed by atoms with Gasteiger partial charge in [-0.15, -0.1) is 22.0 Å². The molecule has 9 heteroatoms. The molecule has 0 aliphatic carbocycles. The van der Waals surface area contributed by atoms with Gasteiger partial charge in [-0.25, -0.2) is 18.6 Å². The van der Waals surface area contributed by atoms with Gasteiger partial charge >= 0.3 is 0 Å². The zero-order chi connectivity index (χ0) is 15.9. The topological polar surface area (TPSA) is 109 Å². The van der Waals surface area contributed by atoms with Crippen LogP contribution in [0.15, 0.2) is 47.6 Å². The molecule has 0 bridgehead atoms. The van der Waals surface area contributed by atoms with E-state index in [2.05, 4.69) is 12.0 Å². The number of halogens is 2. The molecule has 2 aromatic rings. The highest BCUT2D eigenvalue weighted by molar-refractivity contribution is 7.99. The van der Waals surface area contributed by atoms with Crippen LogP contribution >= 0.6 is 23.4 Å². The lowest BCUT2D eigenvalue weighted by atomic mass is 10.3. The van der Waals surface area contributed by atoms with Crippen LogP contribution in [-0.2, 0) is 0 Å². The summed E-state index contributed by atoms with van der Waals surface area (Å²) in [6, 6.07) is 9.93. The van der Waals surface area contributed by atoms with Crippen LogP contribution in [0.3, 0.4) is 0 Å². The highest BCUT2D eigenvalue weighted by atomic mass is 35.7. The maximum Gasteiger partial charge on any atom is 0.238 e. The Labute approximate surface area is 133 Å². The summed E-state index contributed by atoms with van der Waals surface area (Å²) in [6.45, 7) is 2.10. The summed E-state index contributed by atoms with van der Waals surface area (Å²) in [4.78, 5) is 1.02. The van der Waals surface area contributed by atoms with Crippen molar-refractivity contribution in [2.24, 2.45) is 0 Å². The molecule has 0 aliphatic heterocycles. The highest BCUT2D eigenvalue weighted by Gasteiger charge is 2.11. The normalized spacial score (nSPS) is 10.8. The van der Waals surface area contributed by atoms with Gasteiger partial charge in [-0.1, -0.05) is 41.4 Å². The van der Waals surface area contributed by atoms with Crippen LogP contribution < -0.4 is 23.3 Å². The number of hydrogen-bond donors (Lipinski definition) is 0. The average molecular weight is 351 g/mol. The fourth-order valence-corrected chi connectivity index (χ4v) is 2.29. The number of aromatic nitrogens is 2. The first-order chi connectivity index (χ1) is 9.81. The van der Waals surface area contributed by atoms with Crippen molar-refractivity contribution in [2.75, 3.05) is 5.75 Å². The van der Waals surface area contributed by atoms with Crippen molar-refractivity contribution in [2.45, 2.75) is 11.8 Å². The second kappa shape index (κ2) is 8.50. The maximum atomic E-state index is 8.49. The molecule has 0 fully saturated rings. The van der Waals surface area contributed by atoms with E-state index in [0.29, 0.717) is 0 Å². The molecule has 0 saturated heterocycles. The monoisotopic (exact) mass is 350 g/mol. The van der Waals surface area contributed by atoms with Crippen molar-refractivity contribution >= 4 is 23.4 Å². The van der Waals surface area contributed by atoms with Crippen LogP contribution in [-0.4, -0.2) is 10.9 Å². The van der Waals surface area contributed by atoms with E-state index in [9.17, 15) is 0 Å². The Morgan fingerprint density at radius 2 is 1.76 bits per heavy atom. The van der Waals surface area contributed by atoms with E-state index in [4.69, 9.17) is 30.2 Å². The molecule has 0 unspecified atom stereocenters. The highest BCUT2D eigenvalue weighted by Crippen LogP contribution is 2.24. The summed E-state index contributed by atoms with van der Waals surface area (Å²) in [7, 11) is -4.94. The standard InChI is InChI=1S/C12H12ClN2S.ClHO4/c1-2-16-12-8-14-15(9-11(12)13)10-6-4-3-5-7-10;2-1(3,4)5/h3-9H,2H2,1H3;(H,2,3,4,5)/q+1;/p-1. The molecule has 1 aromatic heterocycles. The minimum atomic E-state index is -4.94. The Kier molecular flexibility index (Phi) is 7.33. The molecule has 1 heterocycles. The molecule has 21 heavy (non-hydrogen) atoms. The lowest BCUT2D eigenvalue weighted by Gasteiger charge is -2.17. The second-order valence-corrected chi connectivity index (χ2v) is 6.05. The summed E-state index contributed by atoms with van der Waals surface area (Å²) in [6.07, 6.45) is 3.65. The summed E-state index contributed by atoms with van der Waals surface area (Å²) < 4.78 is 35.8. The van der Waals surface area contributed by atoms with Crippen molar-refractivity contribution in [3.63, 3.8) is 0 Å². The van der Waals surface area contributed by atoms with Gasteiger partial charge in [0, 0.05) is 12.1 Å². The third-order valence-electron chi connectivity index (χ3n) is 2.09. The Morgan fingerprint density at radius 1 is 1.19 bits per heavy atom. The zero-order valence-electron chi connectivity index (χ0n) is 10.9. The van der Waals surface area contributed by atoms with Gasteiger partial charge in [0.25, 0.3) is 0 Å². The van der Waals surface area contributed by atoms with E-state index in [0.717, 1.165) is 21.4 Å². The van der Waals surface area contributed by atoms with Crippen LogP contribution in [0.25, 0.3) is 5.69 Å². The number of rotatable bonds is 3. The SMILES string of the molecule is CCSc1cn[n+](-c2ccccc2)cc1Cl.[O-][Cl+3]([O-])([O-])[O-]. The summed E-state index contributed by atoms with van der Waals surface area (Å²) in [5.74, 6) is 0.997. The molecule has 0 amide bonds. The van der Waals surface area contributed by atoms with Crippen molar-refractivity contribution in [1.29, 1.82) is 0 Å². The number of benzene rings is 1. The quantitative estimate of drug-likeness (QED) is 0.485. The van der Waals surface area contributed by atoms with Gasteiger partial charge in [0.1, 0.15) is 11.2 Å². The first kappa shape index (κ1) is 18.1. The molecule has 0 atom stereocenters. The lowest BCUT2D eigenvalue weighted by molar-refractivity contribution is -2.00. The molecular weight excluding hydrogens is 339 g/mol. The van der Waals surface area contributed by atoms with Crippen LogP contribution in [0.2, 0.25) is 5.02 Å². The Hall–Kier alpha value is -0.930. The molecule has 0 radical (unpaired) electrons. The summed E-state index contributed by atoms with van der Waals surface area (Å²) in [5, 5.41) is 5.08. The van der Waals surface area contributed by atoms with E-state index in [-0.39, 0.29) is 0 Å². The van der Waals surface area contributed by atoms with Crippen LogP contribution in [0, 0.1) is 10.2 Å². The molecule has 2 rings (SSSR count). The van der Waals surface area contributed by atoms with Crippen LogP contribution in [0.4, 0.5) is 0 Å². The molecule has 114 valence electrons. The third-order valence-corrected chi connectivity index (χ3v) is 3.43. The summed E-state index contributed by atoms with van der Waals surface area (Å²) in [5.41, 5.74) is 1.01. The van der Waals surface area contributed by atoms with Gasteiger partial charge < -0.3 is 0 Å². The number of hydrogen-bond acceptors (Lipinski definition) is 6. The number of thioether (sulfide) groups is 1. The fraction of sp³-hybridized carbons (Fsp3) is 0.167. The second-order valence-electron chi connectivity index (χ2n) is 3.58. The van der Waals surface area contributed by atoms with Gasteiger partial charge in [-0.2, -0.15) is 0 Å². The van der Waals surface area contributed by atoms with E-state index in [1.54, 1.807) is 16.4 Å². The Balaban J connectivity index is 0.000000383. The van der Waals surface area contributed by atoms with Crippen molar-refractivity contribution in [1.82, 2.24) is 5.10 Å². The van der Waals surface area contributed by atoms with E-state index in [1.165, 1.54) is 0 Å². The molecular formula is C12H12Cl2N2O4S. The van der Waals surface area contributed by atoms with E-state index >= 15 is 0 Å². The van der Waals surface area contributed by atoms with Crippen LogP contribution in [0.1, 0.15) is 6.92 Å². The zero-order valence-corrected chi connectivity index (χ0v) is 13.3. The first-order valence-electron chi connectivity index (χ1n) is 5.68. The Bertz CT molecular complexity index is 561. The fourth-order valence-electron chi connectivity index (χ4n) is 1.36. The van der Waals surface area contributed by atoms with Crippen molar-refractivity contribution < 1.29 is 33.6 Å². The van der Waals surface area contributed by atoms with Gasteiger partial charge in [-0.05, 0) is 10.9 Å². The molecule has 1 aromatic carbocycles. The van der Waals surface area contributed by atoms with Crippen molar-refractivity contribution in [3.05, 3.63) is 47.7 Å². The number of nitrogens with zero attached hydrogens (tertiary/aromatic N) is 2. The predicted molar refractivity (Wildman–Crippen MR) is 67.2 cm³/mol. The lowest BCUT2D eigenvalue weighted by Crippen LogP contribution is -2.68. The molecule has 0 saturated carbocycles. The summed E-state index contributed by atoms with van der Waals surface area (Å²) >= 11 is 7.87. The molecule has 0 spiro atoms. The van der Waals surface area contributed by atoms with Gasteiger partial charge in [0.2, 0.25) is 11.9 Å². The Morgan fingerprint density at radius 3 is 2.24 bits per heavy atom. The first-order valence-corrected chi connectivity index (χ1v) is 8.28. The van der Waals surface area contributed by atoms with Gasteiger partial charge in [0.05, 0.1) is 4.90 Å². The minimum Gasteiger partial charge on any atom is -0.222 e. The molecule has 0 N–H and O–H groups in total. The minimum absolute atomic E-state index is 0.741. The number of para-hydroxylation sites is 1. The largest absolute Gasteiger partial charge is 0.238 e. The van der Waals surface area contributed by atoms with Crippen LogP contribution in [0.5, 0.6) is 0 Å². The average Bonchev–Trinajstić information content (AvgIpc) is 2.40. The smallest absolute Gasteiger partial charge is 0.222 e. The van der Waals surface area contributed by atoms with Gasteiger partial charge in [-0.3, -0.25) is 0 Å². The molecule has 6 nitrogen and oxygen atoms in total. The van der Waals surface area contributed by atoms with E-state index in [1.807, 2.05) is 42.7 Å². The maximum absolute atomic E-state index is 8.49. The third kappa shape index (κ3) is 7.58. The predicted octanol–water partition coefficient (Wildman–Crippen LogP) is -1.63.